The van der Waals surface area contributed by atoms with Gasteiger partial charge in [0.05, 0.1) is 21.3 Å². The first-order valence-corrected chi connectivity index (χ1v) is 5.82. The third kappa shape index (κ3) is 1.60. The third-order valence-electron chi connectivity index (χ3n) is 2.58. The van der Waals surface area contributed by atoms with Gasteiger partial charge in [0.15, 0.2) is 11.5 Å². The molecule has 0 radical (unpaired) electrons. The molecule has 2 heterocycles. The van der Waals surface area contributed by atoms with Crippen LogP contribution in [0.15, 0.2) is 30.7 Å². The first-order chi connectivity index (χ1) is 8.68. The van der Waals surface area contributed by atoms with Crippen LogP contribution >= 0.6 is 23.2 Å². The average molecular weight is 280 g/mol. The number of anilines is 1. The molecule has 0 aliphatic rings. The molecule has 90 valence electrons. The summed E-state index contributed by atoms with van der Waals surface area (Å²) in [7, 11) is 0. The Bertz CT molecular complexity index is 737. The standard InChI is InChI=1S/C11H7Cl2N5/c12-6-1-2-7(13)10(14)9(6)11-17-16-8-3-4-15-5-18(8)11/h1-5H,14H2. The number of aromatic nitrogens is 4. The van der Waals surface area contributed by atoms with Crippen molar-refractivity contribution in [2.24, 2.45) is 0 Å². The zero-order valence-electron chi connectivity index (χ0n) is 9.01. The third-order valence-corrected chi connectivity index (χ3v) is 3.22. The summed E-state index contributed by atoms with van der Waals surface area (Å²) in [5, 5.41) is 8.99. The molecular formula is C11H7Cl2N5. The van der Waals surface area contributed by atoms with Crippen LogP contribution in [0.2, 0.25) is 10.0 Å². The van der Waals surface area contributed by atoms with Crippen molar-refractivity contribution in [3.63, 3.8) is 0 Å². The molecule has 18 heavy (non-hydrogen) atoms. The number of nitrogens with zero attached hydrogens (tertiary/aromatic N) is 4. The van der Waals surface area contributed by atoms with E-state index in [1.54, 1.807) is 35.1 Å². The fourth-order valence-corrected chi connectivity index (χ4v) is 2.12. The second-order valence-corrected chi connectivity index (χ2v) is 4.46. The molecule has 2 aromatic heterocycles. The molecule has 0 aliphatic carbocycles. The van der Waals surface area contributed by atoms with E-state index in [-0.39, 0.29) is 0 Å². The molecule has 3 aromatic rings. The lowest BCUT2D eigenvalue weighted by molar-refractivity contribution is 1.08. The lowest BCUT2D eigenvalue weighted by atomic mass is 10.1. The number of fused-ring (bicyclic) bond motifs is 1. The molecule has 0 bridgehead atoms. The fourth-order valence-electron chi connectivity index (χ4n) is 1.71. The minimum Gasteiger partial charge on any atom is -0.397 e. The van der Waals surface area contributed by atoms with E-state index >= 15 is 0 Å². The molecule has 0 unspecified atom stereocenters. The Morgan fingerprint density at radius 2 is 1.83 bits per heavy atom. The van der Waals surface area contributed by atoms with Gasteiger partial charge in [-0.05, 0) is 12.1 Å². The van der Waals surface area contributed by atoms with Crippen molar-refractivity contribution in [2.75, 3.05) is 5.73 Å². The Morgan fingerprint density at radius 1 is 1.06 bits per heavy atom. The van der Waals surface area contributed by atoms with Crippen LogP contribution in [0.5, 0.6) is 0 Å². The normalized spacial score (nSPS) is 11.0. The summed E-state index contributed by atoms with van der Waals surface area (Å²) in [6.45, 7) is 0. The molecule has 0 fully saturated rings. The van der Waals surface area contributed by atoms with Crippen LogP contribution in [-0.2, 0) is 0 Å². The number of rotatable bonds is 1. The van der Waals surface area contributed by atoms with Crippen LogP contribution in [-0.4, -0.2) is 19.6 Å². The second-order valence-electron chi connectivity index (χ2n) is 3.65. The highest BCUT2D eigenvalue weighted by Gasteiger charge is 2.16. The summed E-state index contributed by atoms with van der Waals surface area (Å²) < 4.78 is 1.70. The van der Waals surface area contributed by atoms with Crippen molar-refractivity contribution in [3.05, 3.63) is 40.8 Å². The zero-order valence-corrected chi connectivity index (χ0v) is 10.5. The molecule has 1 aromatic carbocycles. The number of nitrogens with two attached hydrogens (primary N) is 1. The molecule has 0 amide bonds. The van der Waals surface area contributed by atoms with Gasteiger partial charge in [-0.15, -0.1) is 10.2 Å². The summed E-state index contributed by atoms with van der Waals surface area (Å²) in [4.78, 5) is 4.02. The van der Waals surface area contributed by atoms with Crippen LogP contribution in [0.25, 0.3) is 17.0 Å². The Hall–Kier alpha value is -1.85. The van der Waals surface area contributed by atoms with Crippen LogP contribution in [0.3, 0.4) is 0 Å². The topological polar surface area (TPSA) is 69.1 Å². The number of hydrogen-bond donors (Lipinski definition) is 1. The van der Waals surface area contributed by atoms with E-state index in [4.69, 9.17) is 28.9 Å². The molecule has 2 N–H and O–H groups in total. The number of nitrogen functional groups attached to an aromatic ring is 1. The number of halogens is 2. The van der Waals surface area contributed by atoms with Crippen LogP contribution in [0.1, 0.15) is 0 Å². The van der Waals surface area contributed by atoms with E-state index < -0.39 is 0 Å². The molecule has 0 saturated carbocycles. The van der Waals surface area contributed by atoms with Gasteiger partial charge >= 0.3 is 0 Å². The molecule has 5 nitrogen and oxygen atoms in total. The van der Waals surface area contributed by atoms with Crippen LogP contribution < -0.4 is 5.73 Å². The summed E-state index contributed by atoms with van der Waals surface area (Å²) >= 11 is 12.2. The lowest BCUT2D eigenvalue weighted by Gasteiger charge is -2.07. The maximum Gasteiger partial charge on any atom is 0.173 e. The molecule has 3 rings (SSSR count). The number of hydrogen-bond acceptors (Lipinski definition) is 4. The van der Waals surface area contributed by atoms with Gasteiger partial charge in [0.1, 0.15) is 6.33 Å². The van der Waals surface area contributed by atoms with E-state index in [2.05, 4.69) is 15.2 Å². The van der Waals surface area contributed by atoms with E-state index in [9.17, 15) is 0 Å². The van der Waals surface area contributed by atoms with E-state index in [0.29, 0.717) is 32.8 Å². The highest BCUT2D eigenvalue weighted by atomic mass is 35.5. The minimum absolute atomic E-state index is 0.377. The Balaban J connectivity index is 2.36. The van der Waals surface area contributed by atoms with E-state index in [0.717, 1.165) is 0 Å². The average Bonchev–Trinajstić information content (AvgIpc) is 2.79. The molecule has 7 heteroatoms. The first kappa shape index (κ1) is 11.3. The van der Waals surface area contributed by atoms with Gasteiger partial charge in [0, 0.05) is 12.3 Å². The predicted octanol–water partition coefficient (Wildman–Crippen LogP) is 2.68. The lowest BCUT2D eigenvalue weighted by Crippen LogP contribution is -1.97. The molecule has 0 saturated heterocycles. The smallest absolute Gasteiger partial charge is 0.173 e. The second kappa shape index (κ2) is 4.12. The van der Waals surface area contributed by atoms with E-state index in [1.807, 2.05) is 0 Å². The van der Waals surface area contributed by atoms with Crippen molar-refractivity contribution in [1.29, 1.82) is 0 Å². The van der Waals surface area contributed by atoms with Crippen molar-refractivity contribution >= 4 is 34.5 Å². The predicted molar refractivity (Wildman–Crippen MR) is 70.7 cm³/mol. The van der Waals surface area contributed by atoms with Crippen molar-refractivity contribution in [1.82, 2.24) is 19.6 Å². The Morgan fingerprint density at radius 3 is 2.67 bits per heavy atom. The maximum absolute atomic E-state index is 6.15. The zero-order chi connectivity index (χ0) is 12.7. The largest absolute Gasteiger partial charge is 0.397 e. The Kier molecular flexibility index (Phi) is 2.57. The molecular weight excluding hydrogens is 273 g/mol. The summed E-state index contributed by atoms with van der Waals surface area (Å²) in [5.41, 5.74) is 7.55. The van der Waals surface area contributed by atoms with Crippen LogP contribution in [0, 0.1) is 0 Å². The van der Waals surface area contributed by atoms with Gasteiger partial charge in [-0.2, -0.15) is 0 Å². The molecule has 0 spiro atoms. The van der Waals surface area contributed by atoms with Crippen molar-refractivity contribution in [3.8, 4) is 11.4 Å². The van der Waals surface area contributed by atoms with Gasteiger partial charge in [-0.25, -0.2) is 4.98 Å². The summed E-state index contributed by atoms with van der Waals surface area (Å²) in [5.74, 6) is 0.517. The van der Waals surface area contributed by atoms with Crippen LogP contribution in [0.4, 0.5) is 5.69 Å². The van der Waals surface area contributed by atoms with Crippen molar-refractivity contribution < 1.29 is 0 Å². The monoisotopic (exact) mass is 279 g/mol. The molecule has 0 atom stereocenters. The van der Waals surface area contributed by atoms with E-state index in [1.165, 1.54) is 0 Å². The highest BCUT2D eigenvalue weighted by Crippen LogP contribution is 2.36. The van der Waals surface area contributed by atoms with Gasteiger partial charge in [0.2, 0.25) is 0 Å². The fraction of sp³-hybridized carbons (Fsp3) is 0. The van der Waals surface area contributed by atoms with Crippen molar-refractivity contribution in [2.45, 2.75) is 0 Å². The molecule has 0 aliphatic heterocycles. The number of benzene rings is 1. The summed E-state index contributed by atoms with van der Waals surface area (Å²) in [6, 6.07) is 5.06. The highest BCUT2D eigenvalue weighted by molar-refractivity contribution is 6.37. The van der Waals surface area contributed by atoms with Gasteiger partial charge < -0.3 is 5.73 Å². The Labute approximate surface area is 112 Å². The quantitative estimate of drug-likeness (QED) is 0.696. The first-order valence-electron chi connectivity index (χ1n) is 5.07. The maximum atomic E-state index is 6.15. The summed E-state index contributed by atoms with van der Waals surface area (Å²) in [6.07, 6.45) is 3.23. The minimum atomic E-state index is 0.377. The van der Waals surface area contributed by atoms with Gasteiger partial charge in [0.25, 0.3) is 0 Å². The van der Waals surface area contributed by atoms with Gasteiger partial charge in [-0.1, -0.05) is 23.2 Å². The SMILES string of the molecule is Nc1c(Cl)ccc(Cl)c1-c1nnc2ccncn12. The van der Waals surface area contributed by atoms with Gasteiger partial charge in [-0.3, -0.25) is 4.40 Å².